The van der Waals surface area contributed by atoms with E-state index < -0.39 is 12.0 Å². The summed E-state index contributed by atoms with van der Waals surface area (Å²) in [6.45, 7) is 5.94. The molecule has 0 radical (unpaired) electrons. The second-order valence-corrected chi connectivity index (χ2v) is 6.04. The van der Waals surface area contributed by atoms with E-state index in [1.54, 1.807) is 6.21 Å². The van der Waals surface area contributed by atoms with Crippen molar-refractivity contribution in [3.8, 4) is 0 Å². The molecule has 0 aliphatic carbocycles. The number of carboxylic acids is 1. The van der Waals surface area contributed by atoms with Crippen LogP contribution >= 0.6 is 0 Å². The molecule has 21 heavy (non-hydrogen) atoms. The minimum absolute atomic E-state index is 0. The molecule has 2 aromatic rings. The van der Waals surface area contributed by atoms with Crippen molar-refractivity contribution in [2.75, 3.05) is 0 Å². The first kappa shape index (κ1) is 18.0. The number of aromatic nitrogens is 1. The van der Waals surface area contributed by atoms with Crippen LogP contribution in [0.3, 0.4) is 0 Å². The number of carbonyl (C=O) groups is 1. The zero-order valence-corrected chi connectivity index (χ0v) is 15.0. The topological polar surface area (TPSA) is 68.3 Å². The molecule has 0 amide bonds. The summed E-state index contributed by atoms with van der Waals surface area (Å²) in [5.74, 6) is -1.14. The van der Waals surface area contributed by atoms with Gasteiger partial charge < -0.3 is 14.9 Å². The molecule has 1 aromatic carbocycles. The number of fused-ring (bicyclic) bond motifs is 1. The van der Waals surface area contributed by atoms with Crippen LogP contribution < -0.4 is 34.7 Å². The summed E-state index contributed by atoms with van der Waals surface area (Å²) >= 11 is 0. The Morgan fingerprint density at radius 2 is 2.05 bits per heavy atom. The Hall–Kier alpha value is -1.10. The normalized spacial score (nSPS) is 13.3. The number of nitrogens with one attached hydrogen (secondary N) is 1. The molecule has 0 bridgehead atoms. The molecule has 0 spiro atoms. The number of carboxylic acid groups (broad SMARTS) is 1. The third-order valence-electron chi connectivity index (χ3n) is 3.00. The number of hydrogen-bond donors (Lipinski definition) is 1. The van der Waals surface area contributed by atoms with Crippen LogP contribution in [-0.4, -0.2) is 23.2 Å². The molecule has 1 N–H and O–H groups in total. The van der Waals surface area contributed by atoms with Crippen LogP contribution in [0.25, 0.3) is 10.9 Å². The molecule has 0 saturated carbocycles. The molecule has 0 aliphatic heterocycles. The number of aliphatic carboxylic acids is 1. The third kappa shape index (κ3) is 4.99. The van der Waals surface area contributed by atoms with E-state index in [4.69, 9.17) is 0 Å². The quantitative estimate of drug-likeness (QED) is 0.577. The van der Waals surface area contributed by atoms with Crippen molar-refractivity contribution in [3.05, 3.63) is 36.0 Å². The first-order chi connectivity index (χ1) is 9.37. The Kier molecular flexibility index (Phi) is 6.20. The van der Waals surface area contributed by atoms with Crippen LogP contribution in [0.1, 0.15) is 26.3 Å². The minimum atomic E-state index is -1.14. The maximum absolute atomic E-state index is 11.2. The molecule has 4 nitrogen and oxygen atoms in total. The van der Waals surface area contributed by atoms with Crippen molar-refractivity contribution in [2.45, 2.75) is 33.2 Å². The fourth-order valence-corrected chi connectivity index (χ4v) is 2.02. The molecule has 0 fully saturated rings. The number of aliphatic imine (C=N–C) groups is 1. The molecular formula is C16H19N2NaO2. The molecule has 2 rings (SSSR count). The van der Waals surface area contributed by atoms with E-state index in [1.165, 1.54) is 0 Å². The van der Waals surface area contributed by atoms with Crippen molar-refractivity contribution >= 4 is 23.1 Å². The fraction of sp³-hybridized carbons (Fsp3) is 0.375. The molecule has 5 heteroatoms. The van der Waals surface area contributed by atoms with E-state index >= 15 is 0 Å². The summed E-state index contributed by atoms with van der Waals surface area (Å²) in [6, 6.07) is 6.96. The van der Waals surface area contributed by atoms with E-state index in [-0.39, 0.29) is 35.0 Å². The number of nitrogens with zero attached hydrogens (tertiary/aromatic N) is 1. The molecule has 1 atom stereocenters. The maximum Gasteiger partial charge on any atom is 1.00 e. The first-order valence-electron chi connectivity index (χ1n) is 6.67. The van der Waals surface area contributed by atoms with Gasteiger partial charge in [-0.2, -0.15) is 0 Å². The molecule has 1 heterocycles. The Labute approximate surface area is 147 Å². The van der Waals surface area contributed by atoms with Crippen molar-refractivity contribution in [1.29, 1.82) is 0 Å². The number of hydrogen-bond acceptors (Lipinski definition) is 3. The Morgan fingerprint density at radius 1 is 1.38 bits per heavy atom. The molecule has 0 aliphatic rings. The summed E-state index contributed by atoms with van der Waals surface area (Å²) in [7, 11) is 0. The number of benzene rings is 1. The van der Waals surface area contributed by atoms with Crippen molar-refractivity contribution in [3.63, 3.8) is 0 Å². The summed E-state index contributed by atoms with van der Waals surface area (Å²) in [4.78, 5) is 18.6. The van der Waals surface area contributed by atoms with E-state index in [9.17, 15) is 9.90 Å². The second-order valence-electron chi connectivity index (χ2n) is 6.04. The summed E-state index contributed by atoms with van der Waals surface area (Å²) in [6.07, 6.45) is 3.86. The number of aromatic amines is 1. The van der Waals surface area contributed by atoms with Crippen molar-refractivity contribution in [2.24, 2.45) is 10.4 Å². The predicted octanol–water partition coefficient (Wildman–Crippen LogP) is -1.05. The standard InChI is InChI=1S/C16H20N2O2.Na/c1-16(2,3)10-18-14(15(19)20)8-11-9-17-13-7-5-4-6-12(11)13;/h4-7,9-10,14,17H,8H2,1-3H3,(H,19,20);/q;+1/p-1/t14-;/m1./s1. The molecule has 1 aromatic heterocycles. The van der Waals surface area contributed by atoms with Gasteiger partial charge in [0.1, 0.15) is 0 Å². The largest absolute Gasteiger partial charge is 1.00 e. The van der Waals surface area contributed by atoms with Gasteiger partial charge in [-0.25, -0.2) is 0 Å². The number of carbonyl (C=O) groups excluding carboxylic acids is 1. The zero-order chi connectivity index (χ0) is 14.8. The minimum Gasteiger partial charge on any atom is -0.548 e. The van der Waals surface area contributed by atoms with Gasteiger partial charge in [-0.1, -0.05) is 39.0 Å². The summed E-state index contributed by atoms with van der Waals surface area (Å²) in [5, 5.41) is 12.3. The molecular weight excluding hydrogens is 275 g/mol. The van der Waals surface area contributed by atoms with Crippen LogP contribution in [0, 0.1) is 5.41 Å². The van der Waals surface area contributed by atoms with E-state index in [0.717, 1.165) is 16.5 Å². The van der Waals surface area contributed by atoms with Gasteiger partial charge in [0.2, 0.25) is 0 Å². The third-order valence-corrected chi connectivity index (χ3v) is 3.00. The summed E-state index contributed by atoms with van der Waals surface area (Å²) < 4.78 is 0. The van der Waals surface area contributed by atoms with Gasteiger partial charge in [-0.05, 0) is 17.0 Å². The van der Waals surface area contributed by atoms with Crippen molar-refractivity contribution in [1.82, 2.24) is 4.98 Å². The Morgan fingerprint density at radius 3 is 2.67 bits per heavy atom. The van der Waals surface area contributed by atoms with Gasteiger partial charge in [-0.15, -0.1) is 0 Å². The molecule has 106 valence electrons. The van der Waals surface area contributed by atoms with Crippen LogP contribution in [0.2, 0.25) is 0 Å². The van der Waals surface area contributed by atoms with Crippen LogP contribution in [0.4, 0.5) is 0 Å². The van der Waals surface area contributed by atoms with Gasteiger partial charge in [0.15, 0.2) is 0 Å². The van der Waals surface area contributed by atoms with E-state index in [1.807, 2.05) is 51.2 Å². The zero-order valence-electron chi connectivity index (χ0n) is 13.0. The van der Waals surface area contributed by atoms with Gasteiger partial charge >= 0.3 is 29.6 Å². The van der Waals surface area contributed by atoms with Gasteiger partial charge in [0, 0.05) is 29.7 Å². The Bertz CT molecular complexity index is 641. The number of para-hydroxylation sites is 1. The fourth-order valence-electron chi connectivity index (χ4n) is 2.02. The average Bonchev–Trinajstić information content (AvgIpc) is 2.76. The molecule has 0 saturated heterocycles. The molecule has 0 unspecified atom stereocenters. The van der Waals surface area contributed by atoms with Gasteiger partial charge in [0.05, 0.1) is 12.0 Å². The van der Waals surface area contributed by atoms with Crippen LogP contribution in [-0.2, 0) is 11.2 Å². The SMILES string of the molecule is CC(C)(C)C=N[C@H](Cc1c[nH]c2ccccc12)C(=O)[O-].[Na+]. The number of rotatable bonds is 4. The Balaban J connectivity index is 0.00000220. The first-order valence-corrected chi connectivity index (χ1v) is 6.67. The summed E-state index contributed by atoms with van der Waals surface area (Å²) in [5.41, 5.74) is 1.80. The van der Waals surface area contributed by atoms with E-state index in [0.29, 0.717) is 6.42 Å². The smallest absolute Gasteiger partial charge is 0.548 e. The average molecular weight is 294 g/mol. The van der Waals surface area contributed by atoms with E-state index in [2.05, 4.69) is 9.98 Å². The van der Waals surface area contributed by atoms with Gasteiger partial charge in [0.25, 0.3) is 0 Å². The maximum atomic E-state index is 11.2. The van der Waals surface area contributed by atoms with Crippen LogP contribution in [0.5, 0.6) is 0 Å². The van der Waals surface area contributed by atoms with Crippen molar-refractivity contribution < 1.29 is 39.5 Å². The predicted molar refractivity (Wildman–Crippen MR) is 78.7 cm³/mol. The second kappa shape index (κ2) is 7.25. The monoisotopic (exact) mass is 294 g/mol. The number of H-pyrrole nitrogens is 1. The van der Waals surface area contributed by atoms with Gasteiger partial charge in [-0.3, -0.25) is 4.99 Å². The van der Waals surface area contributed by atoms with Crippen LogP contribution in [0.15, 0.2) is 35.5 Å².